The first-order valence-corrected chi connectivity index (χ1v) is 0. The second kappa shape index (κ2) is 22.9. The molecule has 0 rings (SSSR count). The van der Waals surface area contributed by atoms with E-state index in [2.05, 4.69) is 0 Å². The molecule has 0 saturated heterocycles. The summed E-state index contributed by atoms with van der Waals surface area (Å²) in [5.74, 6) is 0. The van der Waals surface area contributed by atoms with Crippen molar-refractivity contribution in [3.05, 3.63) is 0 Å². The Kier molecular flexibility index (Phi) is 259. The van der Waals surface area contributed by atoms with Gasteiger partial charge >= 0.3 is 53.9 Å². The monoisotopic (exact) mass is 195 g/mol. The molecule has 0 aromatic carbocycles. The topological polar surface area (TPSA) is 28.5 Å². The molecule has 0 saturated carbocycles. The molecule has 1 nitrogen and oxygen atoms in total. The molecule has 0 aliphatic heterocycles. The van der Waals surface area contributed by atoms with E-state index in [-0.39, 0.29) is 59.4 Å². The SMILES string of the molecule is [Cr+3].[Cu+2].[O-2].[Zn+2]. The van der Waals surface area contributed by atoms with Gasteiger partial charge in [-0.15, -0.1) is 0 Å². The van der Waals surface area contributed by atoms with Crippen LogP contribution >= 0.6 is 0 Å². The third kappa shape index (κ3) is 9.44. The molecule has 0 aromatic heterocycles. The quantitative estimate of drug-likeness (QED) is 0.484. The van der Waals surface area contributed by atoms with Gasteiger partial charge in [-0.2, -0.15) is 0 Å². The minimum absolute atomic E-state index is 0. The van der Waals surface area contributed by atoms with Gasteiger partial charge in [-0.1, -0.05) is 0 Å². The van der Waals surface area contributed by atoms with E-state index in [1.807, 2.05) is 0 Å². The van der Waals surface area contributed by atoms with Gasteiger partial charge in [0, 0.05) is 0 Å². The molecule has 0 atom stereocenters. The summed E-state index contributed by atoms with van der Waals surface area (Å²) < 4.78 is 0. The zero-order chi connectivity index (χ0) is 0. The van der Waals surface area contributed by atoms with Crippen molar-refractivity contribution in [2.24, 2.45) is 0 Å². The molecule has 4 heavy (non-hydrogen) atoms. The van der Waals surface area contributed by atoms with Crippen LogP contribution in [0.15, 0.2) is 0 Å². The van der Waals surface area contributed by atoms with E-state index in [4.69, 9.17) is 0 Å². The molecule has 0 heterocycles. The molecular weight excluding hydrogens is 197 g/mol. The second-order valence-corrected chi connectivity index (χ2v) is 0. The first kappa shape index (κ1) is 45.3. The fourth-order valence-electron chi connectivity index (χ4n) is 0. The molecule has 0 aromatic rings. The second-order valence-electron chi connectivity index (χ2n) is 0. The number of rotatable bonds is 0. The zero-order valence-electron chi connectivity index (χ0n) is 1.83. The van der Waals surface area contributed by atoms with E-state index < -0.39 is 0 Å². The molecule has 2 radical (unpaired) electrons. The van der Waals surface area contributed by atoms with E-state index in [1.165, 1.54) is 0 Å². The largest absolute Gasteiger partial charge is 3.00 e. The van der Waals surface area contributed by atoms with Crippen LogP contribution in [-0.2, 0) is 59.4 Å². The summed E-state index contributed by atoms with van der Waals surface area (Å²) in [5.41, 5.74) is 0. The Bertz CT molecular complexity index is 8.00. The molecule has 0 spiro atoms. The van der Waals surface area contributed by atoms with Crippen LogP contribution in [0.4, 0.5) is 0 Å². The number of hydrogen-bond donors (Lipinski definition) is 0. The molecule has 0 amide bonds. The van der Waals surface area contributed by atoms with Gasteiger partial charge in [0.1, 0.15) is 0 Å². The summed E-state index contributed by atoms with van der Waals surface area (Å²) in [6.45, 7) is 0. The summed E-state index contributed by atoms with van der Waals surface area (Å²) in [6.07, 6.45) is 0. The maximum absolute atomic E-state index is 0. The first-order valence-electron chi connectivity index (χ1n) is 0. The van der Waals surface area contributed by atoms with Crippen molar-refractivity contribution >= 4 is 0 Å². The first-order chi connectivity index (χ1) is 0. The molecular formula is CrCuOZn+5. The van der Waals surface area contributed by atoms with Gasteiger partial charge in [0.25, 0.3) is 0 Å². The van der Waals surface area contributed by atoms with E-state index in [0.717, 1.165) is 0 Å². The standard InChI is InChI=1S/Cr.Cu.O.Zn/q+3;+2;-2;+2. The van der Waals surface area contributed by atoms with Gasteiger partial charge in [0.15, 0.2) is 0 Å². The Morgan fingerprint density at radius 2 is 1.00 bits per heavy atom. The third-order valence-corrected chi connectivity index (χ3v) is 0. The molecule has 4 heteroatoms. The summed E-state index contributed by atoms with van der Waals surface area (Å²) in [4.78, 5) is 0. The Morgan fingerprint density at radius 3 is 1.00 bits per heavy atom. The van der Waals surface area contributed by atoms with Crippen molar-refractivity contribution in [2.45, 2.75) is 0 Å². The minimum Gasteiger partial charge on any atom is -2.00 e. The van der Waals surface area contributed by atoms with E-state index in [0.29, 0.717) is 0 Å². The van der Waals surface area contributed by atoms with E-state index in [1.54, 1.807) is 0 Å². The summed E-state index contributed by atoms with van der Waals surface area (Å²) in [7, 11) is 0. The van der Waals surface area contributed by atoms with Crippen molar-refractivity contribution in [1.82, 2.24) is 0 Å². The fraction of sp³-hybridized carbons (Fsp3) is 0. The Labute approximate surface area is 59.2 Å². The molecule has 0 unspecified atom stereocenters. The van der Waals surface area contributed by atoms with E-state index in [9.17, 15) is 0 Å². The molecule has 0 aliphatic rings. The normalized spacial score (nSPS) is 0. The Morgan fingerprint density at radius 1 is 1.00 bits per heavy atom. The van der Waals surface area contributed by atoms with Crippen LogP contribution in [0.5, 0.6) is 0 Å². The smallest absolute Gasteiger partial charge is 2.00 e. The molecule has 0 bridgehead atoms. The van der Waals surface area contributed by atoms with Gasteiger partial charge < -0.3 is 5.48 Å². The number of hydrogen-bond acceptors (Lipinski definition) is 0. The summed E-state index contributed by atoms with van der Waals surface area (Å²) in [6, 6.07) is 0. The fourth-order valence-corrected chi connectivity index (χ4v) is 0. The summed E-state index contributed by atoms with van der Waals surface area (Å²) >= 11 is 0. The average molecular weight is 197 g/mol. The van der Waals surface area contributed by atoms with Crippen LogP contribution in [0.1, 0.15) is 0 Å². The maximum atomic E-state index is 0. The van der Waals surface area contributed by atoms with Gasteiger partial charge in [-0.25, -0.2) is 0 Å². The van der Waals surface area contributed by atoms with Gasteiger partial charge in [-0.3, -0.25) is 0 Å². The third-order valence-electron chi connectivity index (χ3n) is 0. The zero-order valence-corrected chi connectivity index (χ0v) is 7.01. The van der Waals surface area contributed by atoms with E-state index >= 15 is 0 Å². The van der Waals surface area contributed by atoms with Crippen LogP contribution in [0, 0.1) is 0 Å². The van der Waals surface area contributed by atoms with Crippen LogP contribution < -0.4 is 0 Å². The maximum Gasteiger partial charge on any atom is 3.00 e. The average Bonchev–Trinajstić information content (AvgIpc) is 0. The Balaban J connectivity index is 0. The molecule has 0 aliphatic carbocycles. The predicted molar refractivity (Wildman–Crippen MR) is 0.686 cm³/mol. The van der Waals surface area contributed by atoms with Crippen LogP contribution in [-0.4, -0.2) is 0 Å². The van der Waals surface area contributed by atoms with Crippen molar-refractivity contribution < 1.29 is 59.4 Å². The van der Waals surface area contributed by atoms with Crippen LogP contribution in [0.25, 0.3) is 0 Å². The van der Waals surface area contributed by atoms with Crippen molar-refractivity contribution in [2.75, 3.05) is 0 Å². The molecule has 20 valence electrons. The van der Waals surface area contributed by atoms with Gasteiger partial charge in [-0.05, 0) is 0 Å². The molecule has 0 fully saturated rings. The molecule has 0 N–H and O–H groups in total. The van der Waals surface area contributed by atoms with Gasteiger partial charge in [0.2, 0.25) is 0 Å². The van der Waals surface area contributed by atoms with Crippen molar-refractivity contribution in [3.63, 3.8) is 0 Å². The predicted octanol–water partition coefficient (Wildman–Crippen LogP) is -0.126. The summed E-state index contributed by atoms with van der Waals surface area (Å²) in [5, 5.41) is 0. The van der Waals surface area contributed by atoms with Gasteiger partial charge in [0.05, 0.1) is 0 Å². The van der Waals surface area contributed by atoms with Crippen molar-refractivity contribution in [1.29, 1.82) is 0 Å². The van der Waals surface area contributed by atoms with Crippen molar-refractivity contribution in [3.8, 4) is 0 Å². The minimum atomic E-state index is 0. The Hall–Kier alpha value is 1.64. The van der Waals surface area contributed by atoms with Crippen LogP contribution in [0.2, 0.25) is 0 Å². The van der Waals surface area contributed by atoms with Crippen LogP contribution in [0.3, 0.4) is 0 Å².